The number of hydrogen-bond acceptors (Lipinski definition) is 4. The predicted octanol–water partition coefficient (Wildman–Crippen LogP) is 1.40. The van der Waals surface area contributed by atoms with Gasteiger partial charge in [-0.05, 0) is 18.2 Å². The summed E-state index contributed by atoms with van der Waals surface area (Å²) in [5.74, 6) is -2.26. The molecular formula is C10H9FO4. The topological polar surface area (TPSA) is 52.6 Å². The van der Waals surface area contributed by atoms with Gasteiger partial charge in [0.25, 0.3) is 0 Å². The summed E-state index contributed by atoms with van der Waals surface area (Å²) >= 11 is 0. The van der Waals surface area contributed by atoms with Gasteiger partial charge in [0, 0.05) is 0 Å². The van der Waals surface area contributed by atoms with E-state index in [1.165, 1.54) is 19.2 Å². The molecule has 1 aromatic carbocycles. The number of benzene rings is 1. The largest absolute Gasteiger partial charge is 0.465 e. The monoisotopic (exact) mass is 212 g/mol. The Balaban J connectivity index is 3.08. The van der Waals surface area contributed by atoms with E-state index >= 15 is 0 Å². The Labute approximate surface area is 85.6 Å². The Kier molecular flexibility index (Phi) is 3.38. The number of methoxy groups -OCH3 is 2. The zero-order valence-electron chi connectivity index (χ0n) is 8.24. The van der Waals surface area contributed by atoms with E-state index in [1.807, 2.05) is 0 Å². The number of hydrogen-bond donors (Lipinski definition) is 0. The van der Waals surface area contributed by atoms with E-state index < -0.39 is 17.8 Å². The summed E-state index contributed by atoms with van der Waals surface area (Å²) in [4.78, 5) is 22.0. The lowest BCUT2D eigenvalue weighted by Gasteiger charge is -2.03. The van der Waals surface area contributed by atoms with Crippen LogP contribution in [0, 0.1) is 5.82 Å². The highest BCUT2D eigenvalue weighted by Crippen LogP contribution is 2.12. The van der Waals surface area contributed by atoms with Crippen LogP contribution >= 0.6 is 0 Å². The number of rotatable bonds is 2. The summed E-state index contributed by atoms with van der Waals surface area (Å²) in [6.07, 6.45) is 0. The van der Waals surface area contributed by atoms with Crippen LogP contribution in [0.1, 0.15) is 20.7 Å². The third-order valence-electron chi connectivity index (χ3n) is 1.80. The van der Waals surface area contributed by atoms with Crippen molar-refractivity contribution in [3.8, 4) is 0 Å². The van der Waals surface area contributed by atoms with E-state index in [-0.39, 0.29) is 11.1 Å². The second-order valence-electron chi connectivity index (χ2n) is 2.68. The molecule has 0 atom stereocenters. The van der Waals surface area contributed by atoms with Crippen LogP contribution in [0.4, 0.5) is 4.39 Å². The zero-order valence-corrected chi connectivity index (χ0v) is 8.24. The summed E-state index contributed by atoms with van der Waals surface area (Å²) in [7, 11) is 2.34. The summed E-state index contributed by atoms with van der Waals surface area (Å²) < 4.78 is 22.0. The van der Waals surface area contributed by atoms with Gasteiger partial charge < -0.3 is 9.47 Å². The zero-order chi connectivity index (χ0) is 11.4. The summed E-state index contributed by atoms with van der Waals surface area (Å²) in [6.45, 7) is 0. The van der Waals surface area contributed by atoms with Crippen LogP contribution in [0.5, 0.6) is 0 Å². The van der Waals surface area contributed by atoms with Crippen molar-refractivity contribution >= 4 is 11.9 Å². The molecule has 0 fully saturated rings. The normalized spacial score (nSPS) is 9.53. The average Bonchev–Trinajstić information content (AvgIpc) is 2.26. The van der Waals surface area contributed by atoms with Gasteiger partial charge in [0.15, 0.2) is 0 Å². The highest BCUT2D eigenvalue weighted by Gasteiger charge is 2.14. The number of esters is 2. The molecule has 0 radical (unpaired) electrons. The first kappa shape index (κ1) is 11.2. The van der Waals surface area contributed by atoms with Gasteiger partial charge in [-0.3, -0.25) is 0 Å². The van der Waals surface area contributed by atoms with Crippen LogP contribution in [-0.2, 0) is 9.47 Å². The van der Waals surface area contributed by atoms with E-state index in [0.29, 0.717) is 0 Å². The van der Waals surface area contributed by atoms with E-state index in [2.05, 4.69) is 9.47 Å². The molecule has 0 amide bonds. The van der Waals surface area contributed by atoms with E-state index in [0.717, 1.165) is 13.2 Å². The molecule has 0 saturated heterocycles. The second kappa shape index (κ2) is 4.54. The summed E-state index contributed by atoms with van der Waals surface area (Å²) in [5.41, 5.74) is -0.173. The highest BCUT2D eigenvalue weighted by molar-refractivity contribution is 5.93. The Bertz CT molecular complexity index is 400. The third kappa shape index (κ3) is 2.31. The van der Waals surface area contributed by atoms with Gasteiger partial charge in [0.1, 0.15) is 5.82 Å². The highest BCUT2D eigenvalue weighted by atomic mass is 19.1. The lowest BCUT2D eigenvalue weighted by atomic mass is 10.1. The van der Waals surface area contributed by atoms with Gasteiger partial charge in [0.2, 0.25) is 0 Å². The summed E-state index contributed by atoms with van der Waals surface area (Å²) in [6, 6.07) is 3.40. The van der Waals surface area contributed by atoms with Crippen molar-refractivity contribution in [2.24, 2.45) is 0 Å². The molecule has 0 aliphatic rings. The van der Waals surface area contributed by atoms with Crippen LogP contribution in [0.25, 0.3) is 0 Å². The quantitative estimate of drug-likeness (QED) is 0.695. The SMILES string of the molecule is COC(=O)c1ccc(C(=O)OC)c(F)c1. The predicted molar refractivity (Wildman–Crippen MR) is 49.1 cm³/mol. The van der Waals surface area contributed by atoms with Crippen LogP contribution < -0.4 is 0 Å². The molecular weight excluding hydrogens is 203 g/mol. The van der Waals surface area contributed by atoms with Crippen molar-refractivity contribution in [3.63, 3.8) is 0 Å². The lowest BCUT2D eigenvalue weighted by Crippen LogP contribution is -2.07. The standard InChI is InChI=1S/C10H9FO4/c1-14-9(12)6-3-4-7(8(11)5-6)10(13)15-2/h3-5H,1-2H3. The average molecular weight is 212 g/mol. The molecule has 80 valence electrons. The minimum Gasteiger partial charge on any atom is -0.465 e. The lowest BCUT2D eigenvalue weighted by molar-refractivity contribution is 0.0582. The number of halogens is 1. The van der Waals surface area contributed by atoms with Crippen molar-refractivity contribution < 1.29 is 23.5 Å². The Morgan fingerprint density at radius 3 is 2.20 bits per heavy atom. The summed E-state index contributed by atoms with van der Waals surface area (Å²) in [5, 5.41) is 0. The van der Waals surface area contributed by atoms with E-state index in [1.54, 1.807) is 0 Å². The molecule has 0 aliphatic heterocycles. The van der Waals surface area contributed by atoms with E-state index in [9.17, 15) is 14.0 Å². The molecule has 1 aromatic rings. The number of carbonyl (C=O) groups is 2. The van der Waals surface area contributed by atoms with Crippen molar-refractivity contribution in [1.82, 2.24) is 0 Å². The molecule has 5 heteroatoms. The minimum absolute atomic E-state index is 0.0441. The fourth-order valence-electron chi connectivity index (χ4n) is 1.04. The molecule has 0 heterocycles. The van der Waals surface area contributed by atoms with Crippen LogP contribution in [-0.4, -0.2) is 26.2 Å². The van der Waals surface area contributed by atoms with Crippen molar-refractivity contribution in [3.05, 3.63) is 35.1 Å². The molecule has 0 unspecified atom stereocenters. The van der Waals surface area contributed by atoms with Crippen molar-refractivity contribution in [2.75, 3.05) is 14.2 Å². The molecule has 0 N–H and O–H groups in total. The Morgan fingerprint density at radius 1 is 1.13 bits per heavy atom. The molecule has 15 heavy (non-hydrogen) atoms. The third-order valence-corrected chi connectivity index (χ3v) is 1.80. The maximum atomic E-state index is 13.3. The van der Waals surface area contributed by atoms with Gasteiger partial charge in [-0.15, -0.1) is 0 Å². The smallest absolute Gasteiger partial charge is 0.340 e. The van der Waals surface area contributed by atoms with Gasteiger partial charge in [0.05, 0.1) is 25.3 Å². The van der Waals surface area contributed by atoms with Crippen LogP contribution in [0.2, 0.25) is 0 Å². The first-order chi connectivity index (χ1) is 7.10. The van der Waals surface area contributed by atoms with Crippen molar-refractivity contribution in [2.45, 2.75) is 0 Å². The number of carbonyl (C=O) groups excluding carboxylic acids is 2. The van der Waals surface area contributed by atoms with Gasteiger partial charge in [-0.2, -0.15) is 0 Å². The van der Waals surface area contributed by atoms with Crippen LogP contribution in [0.15, 0.2) is 18.2 Å². The second-order valence-corrected chi connectivity index (χ2v) is 2.68. The van der Waals surface area contributed by atoms with E-state index in [4.69, 9.17) is 0 Å². The van der Waals surface area contributed by atoms with Gasteiger partial charge in [-0.1, -0.05) is 0 Å². The first-order valence-electron chi connectivity index (χ1n) is 4.06. The molecule has 0 aromatic heterocycles. The maximum absolute atomic E-state index is 13.3. The fraction of sp³-hybridized carbons (Fsp3) is 0.200. The van der Waals surface area contributed by atoms with Gasteiger partial charge >= 0.3 is 11.9 Å². The first-order valence-corrected chi connectivity index (χ1v) is 4.06. The van der Waals surface area contributed by atoms with Crippen LogP contribution in [0.3, 0.4) is 0 Å². The molecule has 0 aliphatic carbocycles. The Morgan fingerprint density at radius 2 is 1.73 bits per heavy atom. The molecule has 0 spiro atoms. The fourth-order valence-corrected chi connectivity index (χ4v) is 1.04. The minimum atomic E-state index is -0.815. The molecule has 0 saturated carbocycles. The molecule has 4 nitrogen and oxygen atoms in total. The maximum Gasteiger partial charge on any atom is 0.340 e. The van der Waals surface area contributed by atoms with Gasteiger partial charge in [-0.25, -0.2) is 14.0 Å². The Hall–Kier alpha value is -1.91. The van der Waals surface area contributed by atoms with Crippen molar-refractivity contribution in [1.29, 1.82) is 0 Å². The molecule has 1 rings (SSSR count). The molecule has 0 bridgehead atoms. The number of ether oxygens (including phenoxy) is 2.